The molecular weight excluding hydrogens is 584 g/mol. The number of carbonyl (C=O) groups excluding carboxylic acids is 3. The van der Waals surface area contributed by atoms with E-state index in [1.165, 1.54) is 48.7 Å². The summed E-state index contributed by atoms with van der Waals surface area (Å²) in [6.45, 7) is 0. The molecule has 0 fully saturated rings. The number of hydrogen-bond acceptors (Lipinski definition) is 5. The summed E-state index contributed by atoms with van der Waals surface area (Å²) in [6.07, 6.45) is 1.34. The van der Waals surface area contributed by atoms with Crippen LogP contribution in [0.2, 0.25) is 20.1 Å². The first-order valence-electron chi connectivity index (χ1n) is 11.2. The van der Waals surface area contributed by atoms with Gasteiger partial charge in [0.05, 0.1) is 27.4 Å². The maximum atomic E-state index is 12.6. The molecule has 0 aliphatic rings. The van der Waals surface area contributed by atoms with Crippen LogP contribution in [-0.4, -0.2) is 24.0 Å². The maximum Gasteiger partial charge on any atom is 0.345 e. The van der Waals surface area contributed by atoms with E-state index in [1.54, 1.807) is 42.5 Å². The van der Waals surface area contributed by atoms with Crippen LogP contribution in [0.25, 0.3) is 0 Å². The van der Waals surface area contributed by atoms with Gasteiger partial charge in [0.25, 0.3) is 11.8 Å². The van der Waals surface area contributed by atoms with Gasteiger partial charge in [-0.2, -0.15) is 5.10 Å². The molecule has 0 atom stereocenters. The minimum Gasteiger partial charge on any atom is -0.422 e. The van der Waals surface area contributed by atoms with Gasteiger partial charge in [0.1, 0.15) is 5.75 Å². The third-order valence-corrected chi connectivity index (χ3v) is 6.32. The first-order chi connectivity index (χ1) is 18.7. The molecule has 11 heteroatoms. The number of rotatable bonds is 7. The minimum absolute atomic E-state index is 0.150. The van der Waals surface area contributed by atoms with Crippen molar-refractivity contribution in [3.05, 3.63) is 127 Å². The van der Waals surface area contributed by atoms with Crippen molar-refractivity contribution in [2.45, 2.75) is 0 Å². The quantitative estimate of drug-likeness (QED) is 0.0991. The van der Waals surface area contributed by atoms with Gasteiger partial charge in [-0.3, -0.25) is 9.59 Å². The summed E-state index contributed by atoms with van der Waals surface area (Å²) in [7, 11) is 0. The molecule has 4 aromatic carbocycles. The molecule has 0 aromatic heterocycles. The van der Waals surface area contributed by atoms with E-state index in [2.05, 4.69) is 15.8 Å². The lowest BCUT2D eigenvalue weighted by Crippen LogP contribution is -2.18. The Labute approximate surface area is 243 Å². The van der Waals surface area contributed by atoms with Crippen molar-refractivity contribution in [2.75, 3.05) is 5.32 Å². The van der Waals surface area contributed by atoms with Gasteiger partial charge in [0, 0.05) is 26.9 Å². The van der Waals surface area contributed by atoms with E-state index >= 15 is 0 Å². The molecular formula is C28H17Cl4N3O4. The monoisotopic (exact) mass is 599 g/mol. The summed E-state index contributed by atoms with van der Waals surface area (Å²) < 4.78 is 5.46. The van der Waals surface area contributed by atoms with Crippen molar-refractivity contribution in [3.63, 3.8) is 0 Å². The van der Waals surface area contributed by atoms with Crippen LogP contribution in [0.5, 0.6) is 5.75 Å². The number of nitrogens with one attached hydrogen (secondary N) is 2. The average molecular weight is 601 g/mol. The van der Waals surface area contributed by atoms with Crippen molar-refractivity contribution in [3.8, 4) is 5.75 Å². The van der Waals surface area contributed by atoms with E-state index in [0.717, 1.165) is 0 Å². The minimum atomic E-state index is -0.674. The summed E-state index contributed by atoms with van der Waals surface area (Å²) in [4.78, 5) is 37.6. The van der Waals surface area contributed by atoms with Gasteiger partial charge in [-0.05, 0) is 72.8 Å². The standard InChI is InChI=1S/C28H17Cl4N3O4/c29-18-7-11-21(23(31)13-18)27(37)34-20-9-5-16(6-10-20)26(36)35-33-15-17-3-1-2-4-25(17)39-28(38)22-12-8-19(30)14-24(22)32/h1-15H,(H,34,37)(H,35,36)/b33-15-. The Morgan fingerprint density at radius 1 is 0.718 bits per heavy atom. The third kappa shape index (κ3) is 7.37. The number of nitrogens with zero attached hydrogens (tertiary/aromatic N) is 1. The summed E-state index contributed by atoms with van der Waals surface area (Å²) in [5.41, 5.74) is 4.02. The van der Waals surface area contributed by atoms with Gasteiger partial charge in [-0.1, -0.05) is 58.5 Å². The first kappa shape index (κ1) is 28.1. The van der Waals surface area contributed by atoms with Crippen molar-refractivity contribution < 1.29 is 19.1 Å². The van der Waals surface area contributed by atoms with Gasteiger partial charge in [0.15, 0.2) is 0 Å². The summed E-state index contributed by atoms with van der Waals surface area (Å²) in [5, 5.41) is 7.85. The van der Waals surface area contributed by atoms with Crippen LogP contribution in [0.3, 0.4) is 0 Å². The molecule has 196 valence electrons. The van der Waals surface area contributed by atoms with Crippen LogP contribution in [0, 0.1) is 0 Å². The second-order valence-corrected chi connectivity index (χ2v) is 9.59. The second-order valence-electron chi connectivity index (χ2n) is 7.91. The normalized spacial score (nSPS) is 10.8. The highest BCUT2D eigenvalue weighted by molar-refractivity contribution is 6.37. The van der Waals surface area contributed by atoms with Gasteiger partial charge >= 0.3 is 5.97 Å². The predicted octanol–water partition coefficient (Wildman–Crippen LogP) is 7.54. The maximum absolute atomic E-state index is 12.6. The number of amides is 2. The number of carbonyl (C=O) groups is 3. The molecule has 0 heterocycles. The first-order valence-corrected chi connectivity index (χ1v) is 12.7. The Balaban J connectivity index is 1.37. The molecule has 2 amide bonds. The molecule has 7 nitrogen and oxygen atoms in total. The fraction of sp³-hybridized carbons (Fsp3) is 0. The van der Waals surface area contributed by atoms with Crippen LogP contribution in [0.15, 0.2) is 90.0 Å². The number of anilines is 1. The van der Waals surface area contributed by atoms with Crippen molar-refractivity contribution in [2.24, 2.45) is 5.10 Å². The molecule has 0 spiro atoms. The van der Waals surface area contributed by atoms with E-state index in [-0.39, 0.29) is 26.9 Å². The predicted molar refractivity (Wildman–Crippen MR) is 154 cm³/mol. The van der Waals surface area contributed by atoms with Crippen LogP contribution < -0.4 is 15.5 Å². The molecule has 0 bridgehead atoms. The van der Waals surface area contributed by atoms with Crippen molar-refractivity contribution in [1.82, 2.24) is 5.43 Å². The fourth-order valence-corrected chi connectivity index (χ4v) is 4.27. The van der Waals surface area contributed by atoms with Crippen LogP contribution >= 0.6 is 46.4 Å². The number of halogens is 4. The van der Waals surface area contributed by atoms with Gasteiger partial charge in [-0.15, -0.1) is 0 Å². The molecule has 0 aliphatic heterocycles. The molecule has 0 aliphatic carbocycles. The number of ether oxygens (including phenoxy) is 1. The zero-order chi connectivity index (χ0) is 27.9. The highest BCUT2D eigenvalue weighted by Crippen LogP contribution is 2.24. The lowest BCUT2D eigenvalue weighted by atomic mass is 10.1. The Kier molecular flexibility index (Phi) is 9.22. The summed E-state index contributed by atoms with van der Waals surface area (Å²) >= 11 is 23.9. The van der Waals surface area contributed by atoms with Crippen molar-refractivity contribution in [1.29, 1.82) is 0 Å². The summed E-state index contributed by atoms with van der Waals surface area (Å²) in [5.74, 6) is -1.37. The lowest BCUT2D eigenvalue weighted by molar-refractivity contribution is 0.0734. The Morgan fingerprint density at radius 2 is 1.33 bits per heavy atom. The van der Waals surface area contributed by atoms with Crippen LogP contribution in [0.4, 0.5) is 5.69 Å². The zero-order valence-electron chi connectivity index (χ0n) is 19.8. The average Bonchev–Trinajstić information content (AvgIpc) is 2.89. The lowest BCUT2D eigenvalue weighted by Gasteiger charge is -2.09. The molecule has 0 saturated carbocycles. The smallest absolute Gasteiger partial charge is 0.345 e. The van der Waals surface area contributed by atoms with E-state index in [9.17, 15) is 14.4 Å². The fourth-order valence-electron chi connectivity index (χ4n) is 3.29. The number of esters is 1. The Morgan fingerprint density at radius 3 is 1.97 bits per heavy atom. The Hall–Kier alpha value is -3.88. The van der Waals surface area contributed by atoms with Crippen molar-refractivity contribution >= 4 is 76.1 Å². The van der Waals surface area contributed by atoms with Crippen LogP contribution in [0.1, 0.15) is 36.6 Å². The second kappa shape index (κ2) is 12.8. The van der Waals surface area contributed by atoms with Gasteiger partial charge in [0.2, 0.25) is 0 Å². The molecule has 0 unspecified atom stereocenters. The number of para-hydroxylation sites is 1. The number of benzene rings is 4. The molecule has 39 heavy (non-hydrogen) atoms. The Bertz CT molecular complexity index is 1590. The highest BCUT2D eigenvalue weighted by atomic mass is 35.5. The zero-order valence-corrected chi connectivity index (χ0v) is 22.8. The van der Waals surface area contributed by atoms with E-state index in [0.29, 0.717) is 26.9 Å². The topological polar surface area (TPSA) is 96.9 Å². The summed E-state index contributed by atoms with van der Waals surface area (Å²) in [6, 6.07) is 21.8. The number of hydrazone groups is 1. The van der Waals surface area contributed by atoms with Crippen LogP contribution in [-0.2, 0) is 0 Å². The molecule has 4 rings (SSSR count). The molecule has 0 saturated heterocycles. The highest BCUT2D eigenvalue weighted by Gasteiger charge is 2.15. The third-order valence-electron chi connectivity index (χ3n) is 5.22. The molecule has 0 radical (unpaired) electrons. The van der Waals surface area contributed by atoms with Gasteiger partial charge in [-0.25, -0.2) is 10.2 Å². The van der Waals surface area contributed by atoms with E-state index in [1.807, 2.05) is 0 Å². The largest absolute Gasteiger partial charge is 0.422 e. The SMILES string of the molecule is O=C(N/N=C\c1ccccc1OC(=O)c1ccc(Cl)cc1Cl)c1ccc(NC(=O)c2ccc(Cl)cc2Cl)cc1. The van der Waals surface area contributed by atoms with E-state index < -0.39 is 17.8 Å². The number of hydrogen-bond donors (Lipinski definition) is 2. The molecule has 4 aromatic rings. The van der Waals surface area contributed by atoms with E-state index in [4.69, 9.17) is 51.1 Å². The van der Waals surface area contributed by atoms with Gasteiger partial charge < -0.3 is 10.1 Å². The molecule has 2 N–H and O–H groups in total.